The molecule has 1 fully saturated rings. The highest BCUT2D eigenvalue weighted by atomic mass is 32.2. The minimum Gasteiger partial charge on any atom is -0.468 e. The van der Waals surface area contributed by atoms with E-state index in [4.69, 9.17) is 4.42 Å². The summed E-state index contributed by atoms with van der Waals surface area (Å²) in [5.74, 6) is 0.388. The van der Waals surface area contributed by atoms with Gasteiger partial charge in [-0.15, -0.1) is 0 Å². The molecule has 3 rings (SSSR count). The number of furan rings is 1. The molecule has 1 aliphatic rings. The van der Waals surface area contributed by atoms with Crippen LogP contribution in [0.3, 0.4) is 0 Å². The Kier molecular flexibility index (Phi) is 5.52. The van der Waals surface area contributed by atoms with Crippen LogP contribution in [0, 0.1) is 0 Å². The van der Waals surface area contributed by atoms with Crippen LogP contribution in [0.25, 0.3) is 0 Å². The third-order valence-corrected chi connectivity index (χ3v) is 5.41. The maximum Gasteiger partial charge on any atom is 0.241 e. The van der Waals surface area contributed by atoms with E-state index >= 15 is 0 Å². The summed E-state index contributed by atoms with van der Waals surface area (Å²) in [6.07, 6.45) is 3.71. The number of carbonyl (C=O) groups excluding carboxylic acids is 1. The Hall–Kier alpha value is -2.16. The second kappa shape index (κ2) is 7.81. The maximum atomic E-state index is 12.4. The van der Waals surface area contributed by atoms with E-state index < -0.39 is 10.0 Å². The molecule has 8 heteroatoms. The molecule has 0 spiro atoms. The monoisotopic (exact) mass is 363 g/mol. The van der Waals surface area contributed by atoms with E-state index in [9.17, 15) is 13.2 Å². The van der Waals surface area contributed by atoms with Gasteiger partial charge in [0, 0.05) is 5.69 Å². The van der Waals surface area contributed by atoms with Crippen molar-refractivity contribution in [3.05, 3.63) is 48.4 Å². The first-order valence-electron chi connectivity index (χ1n) is 8.17. The second-order valence-corrected chi connectivity index (χ2v) is 7.73. The first-order chi connectivity index (χ1) is 12.0. The molecule has 1 aromatic carbocycles. The smallest absolute Gasteiger partial charge is 0.241 e. The zero-order chi connectivity index (χ0) is 17.7. The van der Waals surface area contributed by atoms with Gasteiger partial charge in [-0.3, -0.25) is 9.69 Å². The van der Waals surface area contributed by atoms with E-state index in [-0.39, 0.29) is 17.3 Å². The topological polar surface area (TPSA) is 91.7 Å². The molecule has 2 aromatic rings. The maximum absolute atomic E-state index is 12.4. The van der Waals surface area contributed by atoms with Crippen LogP contribution in [-0.4, -0.2) is 38.9 Å². The third kappa shape index (κ3) is 4.91. The van der Waals surface area contributed by atoms with E-state index in [0.717, 1.165) is 25.9 Å². The lowest BCUT2D eigenvalue weighted by Crippen LogP contribution is -2.31. The lowest BCUT2D eigenvalue weighted by molar-refractivity contribution is -0.117. The fourth-order valence-corrected chi connectivity index (χ4v) is 3.79. The Morgan fingerprint density at radius 1 is 1.16 bits per heavy atom. The second-order valence-electron chi connectivity index (χ2n) is 5.96. The minimum absolute atomic E-state index is 0.0703. The van der Waals surface area contributed by atoms with Gasteiger partial charge in [0.1, 0.15) is 5.76 Å². The van der Waals surface area contributed by atoms with Crippen LogP contribution in [0.5, 0.6) is 0 Å². The average Bonchev–Trinajstić information content (AvgIpc) is 3.27. The lowest BCUT2D eigenvalue weighted by Gasteiger charge is -2.14. The van der Waals surface area contributed by atoms with Crippen molar-refractivity contribution in [1.29, 1.82) is 0 Å². The van der Waals surface area contributed by atoms with Crippen molar-refractivity contribution in [1.82, 2.24) is 9.62 Å². The lowest BCUT2D eigenvalue weighted by atomic mass is 10.3. The van der Waals surface area contributed by atoms with Crippen molar-refractivity contribution in [3.63, 3.8) is 0 Å². The molecule has 1 aromatic heterocycles. The third-order valence-electron chi connectivity index (χ3n) is 4.01. The number of carbonyl (C=O) groups is 1. The Balaban J connectivity index is 1.62. The number of nitrogens with one attached hydrogen (secondary N) is 2. The van der Waals surface area contributed by atoms with Gasteiger partial charge < -0.3 is 9.73 Å². The summed E-state index contributed by atoms with van der Waals surface area (Å²) in [5, 5.41) is 2.76. The molecule has 2 N–H and O–H groups in total. The minimum atomic E-state index is -3.69. The molecule has 0 radical (unpaired) electrons. The van der Waals surface area contributed by atoms with E-state index in [0.29, 0.717) is 18.0 Å². The molecule has 1 aliphatic heterocycles. The molecule has 25 heavy (non-hydrogen) atoms. The average molecular weight is 363 g/mol. The summed E-state index contributed by atoms with van der Waals surface area (Å²) in [7, 11) is -3.69. The van der Waals surface area contributed by atoms with Crippen LogP contribution >= 0.6 is 0 Å². The summed E-state index contributed by atoms with van der Waals surface area (Å²) >= 11 is 0. The number of likely N-dealkylation sites (tertiary alicyclic amines) is 1. The van der Waals surface area contributed by atoms with Crippen molar-refractivity contribution in [2.75, 3.05) is 25.0 Å². The molecular weight excluding hydrogens is 342 g/mol. The first kappa shape index (κ1) is 17.7. The van der Waals surface area contributed by atoms with E-state index in [1.165, 1.54) is 18.4 Å². The van der Waals surface area contributed by atoms with Gasteiger partial charge in [-0.1, -0.05) is 6.07 Å². The Morgan fingerprint density at radius 3 is 2.68 bits per heavy atom. The van der Waals surface area contributed by atoms with Gasteiger partial charge in [-0.2, -0.15) is 0 Å². The number of rotatable bonds is 7. The molecule has 1 amide bonds. The van der Waals surface area contributed by atoms with Gasteiger partial charge >= 0.3 is 0 Å². The highest BCUT2D eigenvalue weighted by Crippen LogP contribution is 2.16. The van der Waals surface area contributed by atoms with Crippen LogP contribution in [-0.2, 0) is 21.4 Å². The van der Waals surface area contributed by atoms with Crippen LogP contribution in [0.15, 0.2) is 52.0 Å². The van der Waals surface area contributed by atoms with E-state index in [2.05, 4.69) is 14.9 Å². The molecule has 0 atom stereocenters. The zero-order valence-electron chi connectivity index (χ0n) is 13.8. The number of sulfonamides is 1. The molecule has 7 nitrogen and oxygen atoms in total. The SMILES string of the molecule is O=C(CN1CCCC1)Nc1cccc(S(=O)(=O)NCc2ccco2)c1. The number of nitrogens with zero attached hydrogens (tertiary/aromatic N) is 1. The van der Waals surface area contributed by atoms with Crippen molar-refractivity contribution in [3.8, 4) is 0 Å². The fourth-order valence-electron chi connectivity index (χ4n) is 2.75. The Bertz CT molecular complexity index is 812. The summed E-state index contributed by atoms with van der Waals surface area (Å²) in [6.45, 7) is 2.26. The van der Waals surface area contributed by atoms with Crippen LogP contribution in [0.1, 0.15) is 18.6 Å². The van der Waals surface area contributed by atoms with Crippen LogP contribution in [0.2, 0.25) is 0 Å². The van der Waals surface area contributed by atoms with Crippen molar-refractivity contribution in [2.24, 2.45) is 0 Å². The predicted molar refractivity (Wildman–Crippen MR) is 93.5 cm³/mol. The molecule has 134 valence electrons. The largest absolute Gasteiger partial charge is 0.468 e. The summed E-state index contributed by atoms with van der Waals surface area (Å²) in [5.41, 5.74) is 0.463. The van der Waals surface area contributed by atoms with Crippen LogP contribution < -0.4 is 10.0 Å². The number of hydrogen-bond donors (Lipinski definition) is 2. The normalized spacial score (nSPS) is 15.4. The standard InChI is InChI=1S/C17H21N3O4S/c21-17(13-20-8-1-2-9-20)19-14-5-3-7-16(11-14)25(22,23)18-12-15-6-4-10-24-15/h3-7,10-11,18H,1-2,8-9,12-13H2,(H,19,21). The molecule has 0 bridgehead atoms. The number of anilines is 1. The highest BCUT2D eigenvalue weighted by molar-refractivity contribution is 7.89. The molecule has 0 aliphatic carbocycles. The Labute approximate surface area is 147 Å². The first-order valence-corrected chi connectivity index (χ1v) is 9.65. The van der Waals surface area contributed by atoms with Gasteiger partial charge in [0.15, 0.2) is 0 Å². The Morgan fingerprint density at radius 2 is 1.96 bits per heavy atom. The quantitative estimate of drug-likeness (QED) is 0.783. The van der Waals surface area contributed by atoms with Gasteiger partial charge in [0.25, 0.3) is 0 Å². The van der Waals surface area contributed by atoms with Crippen molar-refractivity contribution in [2.45, 2.75) is 24.3 Å². The molecule has 0 saturated carbocycles. The fraction of sp³-hybridized carbons (Fsp3) is 0.353. The van der Waals surface area contributed by atoms with Crippen molar-refractivity contribution >= 4 is 21.6 Å². The molecule has 0 unspecified atom stereocenters. The summed E-state index contributed by atoms with van der Waals surface area (Å²) in [4.78, 5) is 14.3. The summed E-state index contributed by atoms with van der Waals surface area (Å²) in [6, 6.07) is 9.60. The number of amides is 1. The van der Waals surface area contributed by atoms with Gasteiger partial charge in [-0.05, 0) is 56.3 Å². The van der Waals surface area contributed by atoms with Crippen molar-refractivity contribution < 1.29 is 17.6 Å². The van der Waals surface area contributed by atoms with Gasteiger partial charge in [0.2, 0.25) is 15.9 Å². The van der Waals surface area contributed by atoms with E-state index in [1.807, 2.05) is 0 Å². The summed E-state index contributed by atoms with van der Waals surface area (Å²) < 4.78 is 32.3. The zero-order valence-corrected chi connectivity index (χ0v) is 14.6. The molecule has 1 saturated heterocycles. The highest BCUT2D eigenvalue weighted by Gasteiger charge is 2.17. The number of hydrogen-bond acceptors (Lipinski definition) is 5. The molecule has 2 heterocycles. The van der Waals surface area contributed by atoms with Gasteiger partial charge in [0.05, 0.1) is 24.2 Å². The number of benzene rings is 1. The van der Waals surface area contributed by atoms with E-state index in [1.54, 1.807) is 24.3 Å². The molecular formula is C17H21N3O4S. The van der Waals surface area contributed by atoms with Gasteiger partial charge in [-0.25, -0.2) is 13.1 Å². The van der Waals surface area contributed by atoms with Crippen LogP contribution in [0.4, 0.5) is 5.69 Å². The predicted octanol–water partition coefficient (Wildman–Crippen LogP) is 1.79.